The molecule has 0 spiro atoms. The highest BCUT2D eigenvalue weighted by atomic mass is 32.2. The fourth-order valence-corrected chi connectivity index (χ4v) is 3.92. The van der Waals surface area contributed by atoms with Crippen LogP contribution in [0.1, 0.15) is 0 Å². The maximum atomic E-state index is 12.0. The molecule has 3 N–H and O–H groups in total. The Balaban J connectivity index is 2.14. The molecular formula is C13H14N2O4S2. The number of hydrogen-bond acceptors (Lipinski definition) is 6. The van der Waals surface area contributed by atoms with E-state index >= 15 is 0 Å². The summed E-state index contributed by atoms with van der Waals surface area (Å²) in [5, 5.41) is 4.15. The van der Waals surface area contributed by atoms with E-state index in [2.05, 4.69) is 5.32 Å². The molecule has 8 heteroatoms. The molecule has 1 aromatic carbocycles. The van der Waals surface area contributed by atoms with Crippen molar-refractivity contribution in [3.63, 3.8) is 0 Å². The molecule has 0 bridgehead atoms. The number of amides is 1. The third kappa shape index (κ3) is 3.73. The molecule has 112 valence electrons. The zero-order valence-corrected chi connectivity index (χ0v) is 12.8. The Morgan fingerprint density at radius 2 is 2.14 bits per heavy atom. The Morgan fingerprint density at radius 1 is 1.38 bits per heavy atom. The van der Waals surface area contributed by atoms with Crippen LogP contribution < -0.4 is 15.8 Å². The third-order valence-corrected chi connectivity index (χ3v) is 5.72. The first-order valence-corrected chi connectivity index (χ1v) is 8.45. The molecule has 0 aliphatic rings. The molecule has 0 aliphatic heterocycles. The molecule has 2 rings (SSSR count). The average molecular weight is 326 g/mol. The fraction of sp³-hybridized carbons (Fsp3) is 0.154. The van der Waals surface area contributed by atoms with Gasteiger partial charge in [-0.2, -0.15) is 0 Å². The van der Waals surface area contributed by atoms with Crippen molar-refractivity contribution in [2.24, 2.45) is 0 Å². The summed E-state index contributed by atoms with van der Waals surface area (Å²) in [5.41, 5.74) is 6.41. The number of sulfone groups is 1. The van der Waals surface area contributed by atoms with Gasteiger partial charge in [0.2, 0.25) is 5.91 Å². The SMILES string of the molecule is COc1ccc(N)cc1NC(=O)CS(=O)(=O)c1cccs1. The van der Waals surface area contributed by atoms with E-state index in [1.807, 2.05) is 0 Å². The number of carbonyl (C=O) groups excluding carboxylic acids is 1. The quantitative estimate of drug-likeness (QED) is 0.816. The molecule has 0 radical (unpaired) electrons. The lowest BCUT2D eigenvalue weighted by atomic mass is 10.2. The van der Waals surface area contributed by atoms with Crippen molar-refractivity contribution in [3.05, 3.63) is 35.7 Å². The minimum atomic E-state index is -3.63. The Hall–Kier alpha value is -2.06. The number of nitrogens with one attached hydrogen (secondary N) is 1. The van der Waals surface area contributed by atoms with Crippen LogP contribution in [0.5, 0.6) is 5.75 Å². The maximum absolute atomic E-state index is 12.0. The minimum Gasteiger partial charge on any atom is -0.495 e. The van der Waals surface area contributed by atoms with Gasteiger partial charge in [0, 0.05) is 5.69 Å². The van der Waals surface area contributed by atoms with Crippen LogP contribution in [0.25, 0.3) is 0 Å². The molecule has 1 amide bonds. The summed E-state index contributed by atoms with van der Waals surface area (Å²) in [5.74, 6) is -0.871. The minimum absolute atomic E-state index is 0.164. The van der Waals surface area contributed by atoms with Gasteiger partial charge in [-0.15, -0.1) is 11.3 Å². The van der Waals surface area contributed by atoms with Gasteiger partial charge in [-0.25, -0.2) is 8.42 Å². The smallest absolute Gasteiger partial charge is 0.240 e. The number of ether oxygens (including phenoxy) is 1. The first kappa shape index (κ1) is 15.3. The second-order valence-corrected chi connectivity index (χ2v) is 7.36. The number of carbonyl (C=O) groups is 1. The van der Waals surface area contributed by atoms with E-state index in [9.17, 15) is 13.2 Å². The van der Waals surface area contributed by atoms with Crippen molar-refractivity contribution in [2.75, 3.05) is 23.9 Å². The second-order valence-electron chi connectivity index (χ2n) is 4.20. The molecule has 2 aromatic rings. The van der Waals surface area contributed by atoms with Gasteiger partial charge in [0.25, 0.3) is 0 Å². The van der Waals surface area contributed by atoms with Gasteiger partial charge in [0.05, 0.1) is 12.8 Å². The second kappa shape index (κ2) is 6.15. The number of nitrogen functional groups attached to an aromatic ring is 1. The van der Waals surface area contributed by atoms with Gasteiger partial charge in [-0.1, -0.05) is 6.07 Å². The fourth-order valence-electron chi connectivity index (χ4n) is 1.69. The molecule has 0 aliphatic carbocycles. The van der Waals surface area contributed by atoms with Crippen molar-refractivity contribution in [1.82, 2.24) is 0 Å². The molecule has 0 atom stereocenters. The van der Waals surface area contributed by atoms with Crippen LogP contribution in [0.3, 0.4) is 0 Å². The van der Waals surface area contributed by atoms with Crippen LogP contribution in [-0.4, -0.2) is 27.2 Å². The summed E-state index contributed by atoms with van der Waals surface area (Å²) in [7, 11) is -2.18. The highest BCUT2D eigenvalue weighted by Gasteiger charge is 2.21. The van der Waals surface area contributed by atoms with Crippen LogP contribution in [0.15, 0.2) is 39.9 Å². The first-order chi connectivity index (χ1) is 9.92. The number of benzene rings is 1. The van der Waals surface area contributed by atoms with E-state index in [0.29, 0.717) is 17.1 Å². The summed E-state index contributed by atoms with van der Waals surface area (Å²) in [6.07, 6.45) is 0. The van der Waals surface area contributed by atoms with E-state index in [0.717, 1.165) is 11.3 Å². The van der Waals surface area contributed by atoms with Gasteiger partial charge >= 0.3 is 0 Å². The first-order valence-electron chi connectivity index (χ1n) is 5.92. The Bertz CT molecular complexity index is 740. The Kier molecular flexibility index (Phi) is 4.49. The summed E-state index contributed by atoms with van der Waals surface area (Å²) in [4.78, 5) is 11.9. The third-order valence-electron chi connectivity index (χ3n) is 2.62. The van der Waals surface area contributed by atoms with Crippen LogP contribution >= 0.6 is 11.3 Å². The summed E-state index contributed by atoms with van der Waals surface area (Å²) in [6.45, 7) is 0. The van der Waals surface area contributed by atoms with Crippen molar-refractivity contribution >= 4 is 38.5 Å². The van der Waals surface area contributed by atoms with Crippen molar-refractivity contribution in [1.29, 1.82) is 0 Å². The van der Waals surface area contributed by atoms with E-state index < -0.39 is 21.5 Å². The highest BCUT2D eigenvalue weighted by Crippen LogP contribution is 2.26. The van der Waals surface area contributed by atoms with Crippen molar-refractivity contribution in [2.45, 2.75) is 4.21 Å². The monoisotopic (exact) mass is 326 g/mol. The maximum Gasteiger partial charge on any atom is 0.240 e. The summed E-state index contributed by atoms with van der Waals surface area (Å²) >= 11 is 1.08. The lowest BCUT2D eigenvalue weighted by Crippen LogP contribution is -2.22. The van der Waals surface area contributed by atoms with E-state index in [-0.39, 0.29) is 4.21 Å². The Labute approximate surface area is 126 Å². The normalized spacial score (nSPS) is 11.1. The number of rotatable bonds is 5. The topological polar surface area (TPSA) is 98.5 Å². The lowest BCUT2D eigenvalue weighted by Gasteiger charge is -2.10. The van der Waals surface area contributed by atoms with Crippen LogP contribution in [0.2, 0.25) is 0 Å². The van der Waals surface area contributed by atoms with Crippen molar-refractivity contribution < 1.29 is 17.9 Å². The van der Waals surface area contributed by atoms with E-state index in [1.54, 1.807) is 23.6 Å². The highest BCUT2D eigenvalue weighted by molar-refractivity contribution is 7.94. The van der Waals surface area contributed by atoms with Gasteiger partial charge in [0.1, 0.15) is 15.7 Å². The lowest BCUT2D eigenvalue weighted by molar-refractivity contribution is -0.113. The standard InChI is InChI=1S/C13H14N2O4S2/c1-19-11-5-4-9(14)7-10(11)15-12(16)8-21(17,18)13-3-2-6-20-13/h2-7H,8,14H2,1H3,(H,15,16). The zero-order chi connectivity index (χ0) is 15.5. The predicted molar refractivity (Wildman–Crippen MR) is 82.4 cm³/mol. The summed E-state index contributed by atoms with van der Waals surface area (Å²) < 4.78 is 29.3. The van der Waals surface area contributed by atoms with Crippen LogP contribution in [0, 0.1) is 0 Å². The molecule has 21 heavy (non-hydrogen) atoms. The zero-order valence-electron chi connectivity index (χ0n) is 11.2. The average Bonchev–Trinajstić information content (AvgIpc) is 2.92. The molecule has 0 fully saturated rings. The molecule has 1 aromatic heterocycles. The molecule has 6 nitrogen and oxygen atoms in total. The molecular weight excluding hydrogens is 312 g/mol. The number of methoxy groups -OCH3 is 1. The molecule has 0 saturated carbocycles. The summed E-state index contributed by atoms with van der Waals surface area (Å²) in [6, 6.07) is 7.81. The molecule has 0 saturated heterocycles. The molecule has 1 heterocycles. The van der Waals surface area contributed by atoms with Crippen LogP contribution in [-0.2, 0) is 14.6 Å². The van der Waals surface area contributed by atoms with E-state index in [1.165, 1.54) is 19.2 Å². The Morgan fingerprint density at radius 3 is 2.76 bits per heavy atom. The number of anilines is 2. The van der Waals surface area contributed by atoms with Gasteiger partial charge in [-0.3, -0.25) is 4.79 Å². The van der Waals surface area contributed by atoms with Crippen LogP contribution in [0.4, 0.5) is 11.4 Å². The van der Waals surface area contributed by atoms with Gasteiger partial charge < -0.3 is 15.8 Å². The number of thiophene rings is 1. The molecule has 0 unspecified atom stereocenters. The largest absolute Gasteiger partial charge is 0.495 e. The van der Waals surface area contributed by atoms with Gasteiger partial charge in [0.15, 0.2) is 9.84 Å². The van der Waals surface area contributed by atoms with Crippen molar-refractivity contribution in [3.8, 4) is 5.75 Å². The number of hydrogen-bond donors (Lipinski definition) is 2. The predicted octanol–water partition coefficient (Wildman–Crippen LogP) is 1.75. The number of nitrogens with two attached hydrogens (primary N) is 1. The van der Waals surface area contributed by atoms with E-state index in [4.69, 9.17) is 10.5 Å². The van der Waals surface area contributed by atoms with Gasteiger partial charge in [-0.05, 0) is 29.6 Å².